The third-order valence-electron chi connectivity index (χ3n) is 2.53. The summed E-state index contributed by atoms with van der Waals surface area (Å²) in [6.07, 6.45) is -1.59. The number of halogens is 3. The van der Waals surface area contributed by atoms with Gasteiger partial charge in [-0.1, -0.05) is 6.92 Å². The van der Waals surface area contributed by atoms with Gasteiger partial charge in [-0.25, -0.2) is 21.9 Å². The lowest BCUT2D eigenvalue weighted by Gasteiger charge is -2.09. The summed E-state index contributed by atoms with van der Waals surface area (Å²) in [7, 11) is -3.59. The molecular formula is C13H21ClF2N2O3S. The summed E-state index contributed by atoms with van der Waals surface area (Å²) in [5.74, 6) is 0.207. The summed E-state index contributed by atoms with van der Waals surface area (Å²) >= 11 is 0. The average Bonchev–Trinajstić information content (AvgIpc) is 2.45. The standard InChI is InChI=1S/C13H20F2N2O3S.ClH/c1-2-7-16-8-9-17-21(18,19)12-5-3-11(4-6-12)20-10-13(14)15;/h3-6,13,16-17H,2,7-10H2,1H3;1H. The average molecular weight is 359 g/mol. The third kappa shape index (κ3) is 7.88. The fourth-order valence-electron chi connectivity index (χ4n) is 1.53. The fourth-order valence-corrected chi connectivity index (χ4v) is 2.56. The number of sulfonamides is 1. The van der Waals surface area contributed by atoms with E-state index in [4.69, 9.17) is 4.74 Å². The van der Waals surface area contributed by atoms with Crippen molar-refractivity contribution in [3.63, 3.8) is 0 Å². The molecule has 0 aliphatic rings. The second kappa shape index (κ2) is 10.7. The predicted molar refractivity (Wildman–Crippen MR) is 83.5 cm³/mol. The van der Waals surface area contributed by atoms with Gasteiger partial charge in [0, 0.05) is 13.1 Å². The third-order valence-corrected chi connectivity index (χ3v) is 4.01. The van der Waals surface area contributed by atoms with Crippen LogP contribution in [0.1, 0.15) is 13.3 Å². The number of rotatable bonds is 10. The number of hydrogen-bond acceptors (Lipinski definition) is 4. The Kier molecular flexibility index (Phi) is 10.2. The van der Waals surface area contributed by atoms with E-state index in [1.165, 1.54) is 24.3 Å². The van der Waals surface area contributed by atoms with Crippen LogP contribution < -0.4 is 14.8 Å². The maximum Gasteiger partial charge on any atom is 0.272 e. The first-order chi connectivity index (χ1) is 9.95. The molecule has 5 nitrogen and oxygen atoms in total. The molecule has 0 aromatic heterocycles. The first-order valence-corrected chi connectivity index (χ1v) is 8.15. The van der Waals surface area contributed by atoms with E-state index >= 15 is 0 Å². The molecule has 0 saturated carbocycles. The van der Waals surface area contributed by atoms with Gasteiger partial charge >= 0.3 is 0 Å². The van der Waals surface area contributed by atoms with Crippen LogP contribution in [0.5, 0.6) is 5.75 Å². The Morgan fingerprint density at radius 1 is 1.14 bits per heavy atom. The molecule has 1 aromatic rings. The van der Waals surface area contributed by atoms with Gasteiger partial charge in [0.25, 0.3) is 6.43 Å². The molecular weight excluding hydrogens is 338 g/mol. The van der Waals surface area contributed by atoms with Gasteiger partial charge in [-0.15, -0.1) is 12.4 Å². The lowest BCUT2D eigenvalue weighted by atomic mass is 10.3. The molecule has 1 aromatic carbocycles. The van der Waals surface area contributed by atoms with E-state index in [0.717, 1.165) is 13.0 Å². The highest BCUT2D eigenvalue weighted by Crippen LogP contribution is 2.16. The van der Waals surface area contributed by atoms with Crippen molar-refractivity contribution in [3.8, 4) is 5.75 Å². The number of hydrogen-bond donors (Lipinski definition) is 2. The van der Waals surface area contributed by atoms with Crippen molar-refractivity contribution in [2.24, 2.45) is 0 Å². The van der Waals surface area contributed by atoms with Gasteiger partial charge in [-0.05, 0) is 37.2 Å². The molecule has 2 N–H and O–H groups in total. The van der Waals surface area contributed by atoms with Crippen LogP contribution in [-0.2, 0) is 10.0 Å². The fraction of sp³-hybridized carbons (Fsp3) is 0.538. The van der Waals surface area contributed by atoms with Crippen LogP contribution in [-0.4, -0.2) is 41.1 Å². The van der Waals surface area contributed by atoms with Crippen LogP contribution in [0.25, 0.3) is 0 Å². The maximum absolute atomic E-state index is 12.0. The Balaban J connectivity index is 0.00000441. The monoisotopic (exact) mass is 358 g/mol. The Morgan fingerprint density at radius 2 is 1.77 bits per heavy atom. The molecule has 1 rings (SSSR count). The Labute approximate surface area is 135 Å². The Morgan fingerprint density at radius 3 is 2.32 bits per heavy atom. The number of ether oxygens (including phenoxy) is 1. The summed E-state index contributed by atoms with van der Waals surface area (Å²) in [5.41, 5.74) is 0. The highest BCUT2D eigenvalue weighted by Gasteiger charge is 2.13. The van der Waals surface area contributed by atoms with Crippen LogP contribution in [0.2, 0.25) is 0 Å². The molecule has 0 aliphatic carbocycles. The van der Waals surface area contributed by atoms with Gasteiger partial charge in [-0.3, -0.25) is 0 Å². The van der Waals surface area contributed by atoms with E-state index in [0.29, 0.717) is 6.54 Å². The first kappa shape index (κ1) is 21.0. The van der Waals surface area contributed by atoms with Crippen LogP contribution in [0.3, 0.4) is 0 Å². The zero-order valence-corrected chi connectivity index (χ0v) is 13.9. The van der Waals surface area contributed by atoms with Gasteiger partial charge in [-0.2, -0.15) is 0 Å². The van der Waals surface area contributed by atoms with Crippen molar-refractivity contribution in [2.45, 2.75) is 24.7 Å². The van der Waals surface area contributed by atoms with Crippen LogP contribution in [0, 0.1) is 0 Å². The summed E-state index contributed by atoms with van der Waals surface area (Å²) < 4.78 is 55.1. The SMILES string of the molecule is CCCNCCNS(=O)(=O)c1ccc(OCC(F)F)cc1.Cl. The van der Waals surface area contributed by atoms with Crippen molar-refractivity contribution < 1.29 is 21.9 Å². The normalized spacial score (nSPS) is 11.3. The van der Waals surface area contributed by atoms with Crippen molar-refractivity contribution >= 4 is 22.4 Å². The minimum Gasteiger partial charge on any atom is -0.488 e. The van der Waals surface area contributed by atoms with Crippen molar-refractivity contribution in [1.29, 1.82) is 0 Å². The maximum atomic E-state index is 12.0. The lowest BCUT2D eigenvalue weighted by molar-refractivity contribution is 0.0819. The predicted octanol–water partition coefficient (Wildman–Crippen LogP) is 2.03. The van der Waals surface area contributed by atoms with Gasteiger partial charge in [0.2, 0.25) is 10.0 Å². The molecule has 0 heterocycles. The first-order valence-electron chi connectivity index (χ1n) is 6.67. The Bertz CT molecular complexity index is 513. The lowest BCUT2D eigenvalue weighted by Crippen LogP contribution is -2.32. The van der Waals surface area contributed by atoms with E-state index in [1.54, 1.807) is 0 Å². The molecule has 0 spiro atoms. The highest BCUT2D eigenvalue weighted by molar-refractivity contribution is 7.89. The van der Waals surface area contributed by atoms with E-state index in [-0.39, 0.29) is 29.6 Å². The number of alkyl halides is 2. The zero-order chi connectivity index (χ0) is 15.7. The molecule has 9 heteroatoms. The quantitative estimate of drug-likeness (QED) is 0.628. The summed E-state index contributed by atoms with van der Waals surface area (Å²) in [5, 5.41) is 3.08. The van der Waals surface area contributed by atoms with E-state index in [2.05, 4.69) is 10.0 Å². The van der Waals surface area contributed by atoms with Gasteiger partial charge in [0.05, 0.1) is 4.90 Å². The van der Waals surface area contributed by atoms with Crippen LogP contribution in [0.4, 0.5) is 8.78 Å². The van der Waals surface area contributed by atoms with Crippen molar-refractivity contribution in [2.75, 3.05) is 26.2 Å². The molecule has 22 heavy (non-hydrogen) atoms. The molecule has 0 unspecified atom stereocenters. The zero-order valence-electron chi connectivity index (χ0n) is 12.2. The molecule has 0 saturated heterocycles. The number of nitrogens with one attached hydrogen (secondary N) is 2. The second-order valence-electron chi connectivity index (χ2n) is 4.32. The molecule has 0 atom stereocenters. The molecule has 0 amide bonds. The minimum absolute atomic E-state index is 0. The van der Waals surface area contributed by atoms with E-state index in [1.807, 2.05) is 6.92 Å². The topological polar surface area (TPSA) is 67.4 Å². The van der Waals surface area contributed by atoms with Crippen LogP contribution in [0.15, 0.2) is 29.2 Å². The van der Waals surface area contributed by atoms with E-state index in [9.17, 15) is 17.2 Å². The Hall–Kier alpha value is -0.960. The van der Waals surface area contributed by atoms with Crippen molar-refractivity contribution in [3.05, 3.63) is 24.3 Å². The van der Waals surface area contributed by atoms with Crippen molar-refractivity contribution in [1.82, 2.24) is 10.0 Å². The molecule has 0 fully saturated rings. The smallest absolute Gasteiger partial charge is 0.272 e. The van der Waals surface area contributed by atoms with Gasteiger partial charge < -0.3 is 10.1 Å². The van der Waals surface area contributed by atoms with Gasteiger partial charge in [0.1, 0.15) is 12.4 Å². The molecule has 128 valence electrons. The number of benzene rings is 1. The minimum atomic E-state index is -3.59. The summed E-state index contributed by atoms with van der Waals surface area (Å²) in [6, 6.07) is 5.35. The highest BCUT2D eigenvalue weighted by atomic mass is 35.5. The summed E-state index contributed by atoms with van der Waals surface area (Å²) in [4.78, 5) is 0.0717. The van der Waals surface area contributed by atoms with Crippen LogP contribution >= 0.6 is 12.4 Å². The largest absolute Gasteiger partial charge is 0.488 e. The molecule has 0 aliphatic heterocycles. The van der Waals surface area contributed by atoms with E-state index < -0.39 is 23.1 Å². The molecule has 0 radical (unpaired) electrons. The second-order valence-corrected chi connectivity index (χ2v) is 6.09. The molecule has 0 bridgehead atoms. The summed E-state index contributed by atoms with van der Waals surface area (Å²) in [6.45, 7) is 2.97. The van der Waals surface area contributed by atoms with Gasteiger partial charge in [0.15, 0.2) is 0 Å².